The van der Waals surface area contributed by atoms with Crippen molar-refractivity contribution in [3.63, 3.8) is 0 Å². The van der Waals surface area contributed by atoms with Crippen molar-refractivity contribution in [1.82, 2.24) is 9.97 Å². The average Bonchev–Trinajstić information content (AvgIpc) is 2.29. The van der Waals surface area contributed by atoms with Crippen LogP contribution in [0.1, 0.15) is 31.2 Å². The summed E-state index contributed by atoms with van der Waals surface area (Å²) in [6, 6.07) is 0. The van der Waals surface area contributed by atoms with E-state index in [2.05, 4.69) is 20.6 Å². The summed E-state index contributed by atoms with van der Waals surface area (Å²) in [6.45, 7) is 6.51. The van der Waals surface area contributed by atoms with E-state index in [-0.39, 0.29) is 13.0 Å². The summed E-state index contributed by atoms with van der Waals surface area (Å²) >= 11 is 0. The van der Waals surface area contributed by atoms with E-state index >= 15 is 0 Å². The van der Waals surface area contributed by atoms with E-state index < -0.39 is 12.6 Å². The normalized spacial score (nSPS) is 11.5. The van der Waals surface area contributed by atoms with Crippen LogP contribution in [-0.4, -0.2) is 29.2 Å². The molecule has 0 fully saturated rings. The van der Waals surface area contributed by atoms with E-state index in [9.17, 15) is 13.2 Å². The Bertz CT molecular complexity index is 418. The van der Waals surface area contributed by atoms with Crippen LogP contribution in [0.25, 0.3) is 0 Å². The highest BCUT2D eigenvalue weighted by Gasteiger charge is 2.25. The van der Waals surface area contributed by atoms with E-state index in [0.29, 0.717) is 17.5 Å². The first kappa shape index (κ1) is 15.5. The Morgan fingerprint density at radius 1 is 1.05 bits per heavy atom. The largest absolute Gasteiger partial charge is 0.389 e. The van der Waals surface area contributed by atoms with Gasteiger partial charge in [0.25, 0.3) is 0 Å². The fraction of sp³-hybridized carbons (Fsp3) is 0.667. The lowest BCUT2D eigenvalue weighted by atomic mass is 10.2. The highest BCUT2D eigenvalue weighted by atomic mass is 19.4. The second-order valence-electron chi connectivity index (χ2n) is 4.27. The Labute approximate surface area is 110 Å². The molecule has 0 amide bonds. The first-order chi connectivity index (χ1) is 8.83. The molecule has 1 aromatic rings. The van der Waals surface area contributed by atoms with E-state index in [4.69, 9.17) is 0 Å². The summed E-state index contributed by atoms with van der Waals surface area (Å²) in [7, 11) is 0. The van der Waals surface area contributed by atoms with Gasteiger partial charge >= 0.3 is 6.18 Å². The number of halogens is 3. The summed E-state index contributed by atoms with van der Waals surface area (Å²) in [5.74, 6) is 1.89. The van der Waals surface area contributed by atoms with Gasteiger partial charge in [0, 0.05) is 25.1 Å². The third-order valence-corrected chi connectivity index (χ3v) is 2.53. The van der Waals surface area contributed by atoms with Crippen LogP contribution >= 0.6 is 0 Å². The van der Waals surface area contributed by atoms with Gasteiger partial charge in [-0.1, -0.05) is 0 Å². The van der Waals surface area contributed by atoms with E-state index in [1.165, 1.54) is 0 Å². The first-order valence-electron chi connectivity index (χ1n) is 6.23. The van der Waals surface area contributed by atoms with Gasteiger partial charge in [-0.05, 0) is 27.2 Å². The molecule has 0 radical (unpaired) electrons. The van der Waals surface area contributed by atoms with Gasteiger partial charge in [-0.3, -0.25) is 0 Å². The van der Waals surface area contributed by atoms with Crippen molar-refractivity contribution >= 4 is 11.6 Å². The van der Waals surface area contributed by atoms with Gasteiger partial charge in [0.05, 0.1) is 0 Å². The molecule has 0 saturated heterocycles. The monoisotopic (exact) mass is 276 g/mol. The molecule has 4 nitrogen and oxygen atoms in total. The average molecular weight is 276 g/mol. The molecule has 0 aromatic carbocycles. The van der Waals surface area contributed by atoms with Gasteiger partial charge in [0.15, 0.2) is 0 Å². The predicted octanol–water partition coefficient (Wildman–Crippen LogP) is 3.28. The Hall–Kier alpha value is -1.53. The number of hydrogen-bond acceptors (Lipinski definition) is 4. The summed E-state index contributed by atoms with van der Waals surface area (Å²) in [5, 5.41) is 6.03. The molecule has 0 spiro atoms. The van der Waals surface area contributed by atoms with Gasteiger partial charge in [-0.25, -0.2) is 9.97 Å². The Kier molecular flexibility index (Phi) is 5.38. The van der Waals surface area contributed by atoms with Crippen molar-refractivity contribution in [3.8, 4) is 0 Å². The van der Waals surface area contributed by atoms with E-state index in [1.807, 2.05) is 13.8 Å². The molecule has 1 rings (SSSR count). The summed E-state index contributed by atoms with van der Waals surface area (Å²) < 4.78 is 36.1. The zero-order valence-corrected chi connectivity index (χ0v) is 11.4. The lowest BCUT2D eigenvalue weighted by Crippen LogP contribution is -2.13. The Balaban J connectivity index is 2.63. The van der Waals surface area contributed by atoms with Gasteiger partial charge in [-0.2, -0.15) is 13.2 Å². The molecule has 0 aliphatic rings. The highest BCUT2D eigenvalue weighted by molar-refractivity contribution is 5.57. The number of hydrogen-bond donors (Lipinski definition) is 2. The van der Waals surface area contributed by atoms with Crippen LogP contribution in [-0.2, 0) is 0 Å². The van der Waals surface area contributed by atoms with Crippen molar-refractivity contribution in [2.45, 2.75) is 39.8 Å². The molecule has 1 heterocycles. The minimum Gasteiger partial charge on any atom is -0.370 e. The molecule has 0 bridgehead atoms. The SMILES string of the molecule is CCNc1nc(C)nc(NCCCC(F)(F)F)c1C. The lowest BCUT2D eigenvalue weighted by Gasteiger charge is -2.13. The van der Waals surface area contributed by atoms with Crippen molar-refractivity contribution in [1.29, 1.82) is 0 Å². The molecule has 19 heavy (non-hydrogen) atoms. The molecule has 7 heteroatoms. The number of aromatic nitrogens is 2. The fourth-order valence-corrected chi connectivity index (χ4v) is 1.64. The number of alkyl halides is 3. The third-order valence-electron chi connectivity index (χ3n) is 2.53. The maximum absolute atomic E-state index is 12.0. The second-order valence-corrected chi connectivity index (χ2v) is 4.27. The maximum Gasteiger partial charge on any atom is 0.389 e. The lowest BCUT2D eigenvalue weighted by molar-refractivity contribution is -0.134. The highest BCUT2D eigenvalue weighted by Crippen LogP contribution is 2.22. The number of nitrogens with one attached hydrogen (secondary N) is 2. The molecule has 0 saturated carbocycles. The van der Waals surface area contributed by atoms with Crippen LogP contribution in [0.5, 0.6) is 0 Å². The van der Waals surface area contributed by atoms with E-state index in [1.54, 1.807) is 6.92 Å². The predicted molar refractivity (Wildman–Crippen MR) is 69.4 cm³/mol. The van der Waals surface area contributed by atoms with Crippen LogP contribution in [0.4, 0.5) is 24.8 Å². The summed E-state index contributed by atoms with van der Waals surface area (Å²) in [6.07, 6.45) is -4.86. The Morgan fingerprint density at radius 3 is 2.16 bits per heavy atom. The fourth-order valence-electron chi connectivity index (χ4n) is 1.64. The smallest absolute Gasteiger partial charge is 0.370 e. The molecule has 1 aromatic heterocycles. The standard InChI is InChI=1S/C12H19F3N4/c1-4-16-10-8(2)11(19-9(3)18-10)17-7-5-6-12(13,14)15/h4-7H2,1-3H3,(H2,16,17,18,19). The zero-order valence-electron chi connectivity index (χ0n) is 11.4. The Morgan fingerprint density at radius 2 is 1.63 bits per heavy atom. The van der Waals surface area contributed by atoms with Crippen LogP contribution < -0.4 is 10.6 Å². The molecule has 0 aliphatic heterocycles. The van der Waals surface area contributed by atoms with Crippen LogP contribution in [0.15, 0.2) is 0 Å². The first-order valence-corrected chi connectivity index (χ1v) is 6.23. The van der Waals surface area contributed by atoms with Crippen LogP contribution in [0, 0.1) is 13.8 Å². The van der Waals surface area contributed by atoms with Gasteiger partial charge in [0.1, 0.15) is 17.5 Å². The van der Waals surface area contributed by atoms with Gasteiger partial charge < -0.3 is 10.6 Å². The topological polar surface area (TPSA) is 49.8 Å². The number of nitrogens with zero attached hydrogens (tertiary/aromatic N) is 2. The van der Waals surface area contributed by atoms with Crippen LogP contribution in [0.2, 0.25) is 0 Å². The zero-order chi connectivity index (χ0) is 14.5. The molecule has 108 valence electrons. The van der Waals surface area contributed by atoms with Crippen molar-refractivity contribution in [2.75, 3.05) is 23.7 Å². The third kappa shape index (κ3) is 5.32. The number of anilines is 2. The molecule has 0 atom stereocenters. The quantitative estimate of drug-likeness (QED) is 0.783. The van der Waals surface area contributed by atoms with Crippen molar-refractivity contribution in [2.24, 2.45) is 0 Å². The van der Waals surface area contributed by atoms with Gasteiger partial charge in [-0.15, -0.1) is 0 Å². The maximum atomic E-state index is 12.0. The summed E-state index contributed by atoms with van der Waals surface area (Å²) in [4.78, 5) is 8.45. The summed E-state index contributed by atoms with van der Waals surface area (Å²) in [5.41, 5.74) is 0.819. The van der Waals surface area contributed by atoms with Crippen LogP contribution in [0.3, 0.4) is 0 Å². The minimum absolute atomic E-state index is 0.0303. The molecular weight excluding hydrogens is 257 g/mol. The molecule has 0 aliphatic carbocycles. The molecule has 0 unspecified atom stereocenters. The second kappa shape index (κ2) is 6.58. The van der Waals surface area contributed by atoms with Crippen molar-refractivity contribution < 1.29 is 13.2 Å². The van der Waals surface area contributed by atoms with E-state index in [0.717, 1.165) is 12.1 Å². The number of rotatable bonds is 6. The number of aryl methyl sites for hydroxylation is 1. The van der Waals surface area contributed by atoms with Gasteiger partial charge in [0.2, 0.25) is 0 Å². The van der Waals surface area contributed by atoms with Crippen molar-refractivity contribution in [3.05, 3.63) is 11.4 Å². The molecule has 2 N–H and O–H groups in total. The molecular formula is C12H19F3N4. The minimum atomic E-state index is -4.10.